The molecule has 2 N–H and O–H groups in total. The van der Waals surface area contributed by atoms with E-state index in [-0.39, 0.29) is 17.8 Å². The standard InChI is InChI=1S/C27H27FN4O2/c1-16-12-18(8-10-29-16)21-6-5-20(14-26(21)34-3)30-27(33)17(2)32-11-9-25-23(15-32)22-13-19(28)4-7-24(22)31-25/h4-8,10,12-14,17,31H,9,11,15H2,1-3H3,(H,30,33). The highest BCUT2D eigenvalue weighted by Gasteiger charge is 2.28. The number of carbonyl (C=O) groups is 1. The van der Waals surface area contributed by atoms with Crippen LogP contribution in [0.3, 0.4) is 0 Å². The van der Waals surface area contributed by atoms with Gasteiger partial charge in [0, 0.05) is 65.3 Å². The molecule has 34 heavy (non-hydrogen) atoms. The number of H-pyrrole nitrogens is 1. The summed E-state index contributed by atoms with van der Waals surface area (Å²) in [6.45, 7) is 5.20. The number of ether oxygens (including phenoxy) is 1. The molecule has 0 aliphatic carbocycles. The zero-order chi connectivity index (χ0) is 23.8. The van der Waals surface area contributed by atoms with Crippen LogP contribution >= 0.6 is 0 Å². The number of hydrogen-bond donors (Lipinski definition) is 2. The molecular weight excluding hydrogens is 431 g/mol. The van der Waals surface area contributed by atoms with Crippen molar-refractivity contribution in [3.05, 3.63) is 77.5 Å². The quantitative estimate of drug-likeness (QED) is 0.438. The maximum atomic E-state index is 13.8. The second-order valence-electron chi connectivity index (χ2n) is 8.76. The molecule has 174 valence electrons. The fourth-order valence-electron chi connectivity index (χ4n) is 4.67. The topological polar surface area (TPSA) is 70.2 Å². The number of carbonyl (C=O) groups excluding carboxylic acids is 1. The summed E-state index contributed by atoms with van der Waals surface area (Å²) in [6, 6.07) is 14.1. The summed E-state index contributed by atoms with van der Waals surface area (Å²) in [5.74, 6) is 0.333. The van der Waals surface area contributed by atoms with E-state index in [0.29, 0.717) is 18.0 Å². The highest BCUT2D eigenvalue weighted by Crippen LogP contribution is 2.33. The smallest absolute Gasteiger partial charge is 0.241 e. The number of amides is 1. The van der Waals surface area contributed by atoms with Gasteiger partial charge in [-0.05, 0) is 67.4 Å². The van der Waals surface area contributed by atoms with Gasteiger partial charge in [0.15, 0.2) is 0 Å². The second-order valence-corrected chi connectivity index (χ2v) is 8.76. The second kappa shape index (κ2) is 8.91. The fraction of sp³-hybridized carbons (Fsp3) is 0.259. The molecule has 0 radical (unpaired) electrons. The summed E-state index contributed by atoms with van der Waals surface area (Å²) >= 11 is 0. The van der Waals surface area contributed by atoms with Gasteiger partial charge in [-0.2, -0.15) is 0 Å². The molecule has 1 unspecified atom stereocenters. The lowest BCUT2D eigenvalue weighted by atomic mass is 10.0. The summed E-state index contributed by atoms with van der Waals surface area (Å²) in [5.41, 5.74) is 6.67. The van der Waals surface area contributed by atoms with Gasteiger partial charge in [0.1, 0.15) is 11.6 Å². The third kappa shape index (κ3) is 4.15. The van der Waals surface area contributed by atoms with E-state index in [1.807, 2.05) is 44.2 Å². The first-order chi connectivity index (χ1) is 16.4. The van der Waals surface area contributed by atoms with Gasteiger partial charge in [-0.15, -0.1) is 0 Å². The number of aromatic nitrogens is 2. The number of pyridine rings is 1. The van der Waals surface area contributed by atoms with E-state index in [1.165, 1.54) is 6.07 Å². The Morgan fingerprint density at radius 3 is 2.85 bits per heavy atom. The first-order valence-electron chi connectivity index (χ1n) is 11.4. The van der Waals surface area contributed by atoms with Crippen molar-refractivity contribution >= 4 is 22.5 Å². The molecule has 1 amide bonds. The number of anilines is 1. The number of nitrogens with zero attached hydrogens (tertiary/aromatic N) is 2. The monoisotopic (exact) mass is 458 g/mol. The number of fused-ring (bicyclic) bond motifs is 3. The first kappa shape index (κ1) is 22.1. The largest absolute Gasteiger partial charge is 0.496 e. The molecule has 0 saturated heterocycles. The summed E-state index contributed by atoms with van der Waals surface area (Å²) in [6.07, 6.45) is 2.56. The minimum Gasteiger partial charge on any atom is -0.496 e. The third-order valence-electron chi connectivity index (χ3n) is 6.57. The molecule has 0 spiro atoms. The first-order valence-corrected chi connectivity index (χ1v) is 11.4. The molecule has 1 atom stereocenters. The zero-order valence-electron chi connectivity index (χ0n) is 19.5. The lowest BCUT2D eigenvalue weighted by Crippen LogP contribution is -2.44. The Kier molecular flexibility index (Phi) is 5.79. The summed E-state index contributed by atoms with van der Waals surface area (Å²) in [7, 11) is 1.62. The average Bonchev–Trinajstić information content (AvgIpc) is 3.20. The van der Waals surface area contributed by atoms with E-state index < -0.39 is 0 Å². The molecule has 4 aromatic rings. The van der Waals surface area contributed by atoms with E-state index in [1.54, 1.807) is 25.4 Å². The van der Waals surface area contributed by atoms with Crippen LogP contribution in [0, 0.1) is 12.7 Å². The molecule has 2 aromatic carbocycles. The number of hydrogen-bond acceptors (Lipinski definition) is 4. The van der Waals surface area contributed by atoms with Gasteiger partial charge in [0.25, 0.3) is 0 Å². The molecule has 5 rings (SSSR count). The maximum absolute atomic E-state index is 13.8. The number of halogens is 1. The van der Waals surface area contributed by atoms with Crippen molar-refractivity contribution < 1.29 is 13.9 Å². The zero-order valence-corrected chi connectivity index (χ0v) is 19.5. The molecule has 0 fully saturated rings. The number of aryl methyl sites for hydroxylation is 1. The number of benzene rings is 2. The van der Waals surface area contributed by atoms with Gasteiger partial charge in [-0.25, -0.2) is 4.39 Å². The molecule has 0 bridgehead atoms. The lowest BCUT2D eigenvalue weighted by Gasteiger charge is -2.31. The van der Waals surface area contributed by atoms with Crippen LogP contribution in [0.15, 0.2) is 54.7 Å². The minimum absolute atomic E-state index is 0.0935. The van der Waals surface area contributed by atoms with Gasteiger partial charge in [0.2, 0.25) is 5.91 Å². The molecule has 0 saturated carbocycles. The highest BCUT2D eigenvalue weighted by atomic mass is 19.1. The van der Waals surface area contributed by atoms with Crippen LogP contribution in [0.5, 0.6) is 5.75 Å². The summed E-state index contributed by atoms with van der Waals surface area (Å²) in [4.78, 5) is 22.9. The number of aromatic amines is 1. The van der Waals surface area contributed by atoms with Crippen LogP contribution < -0.4 is 10.1 Å². The van der Waals surface area contributed by atoms with Crippen molar-refractivity contribution in [3.8, 4) is 16.9 Å². The number of methoxy groups -OCH3 is 1. The van der Waals surface area contributed by atoms with Crippen LogP contribution in [0.1, 0.15) is 23.9 Å². The average molecular weight is 459 g/mol. The SMILES string of the molecule is COc1cc(NC(=O)C(C)N2CCc3[nH]c4ccc(F)cc4c3C2)ccc1-c1ccnc(C)c1. The van der Waals surface area contributed by atoms with E-state index >= 15 is 0 Å². The van der Waals surface area contributed by atoms with Crippen LogP contribution in [0.25, 0.3) is 22.0 Å². The summed E-state index contributed by atoms with van der Waals surface area (Å²) in [5, 5.41) is 3.92. The van der Waals surface area contributed by atoms with Crippen LogP contribution in [-0.2, 0) is 17.8 Å². The predicted octanol–water partition coefficient (Wildman–Crippen LogP) is 5.07. The van der Waals surface area contributed by atoms with E-state index in [4.69, 9.17) is 4.74 Å². The number of nitrogens with one attached hydrogen (secondary N) is 2. The van der Waals surface area contributed by atoms with Gasteiger partial charge in [-0.1, -0.05) is 0 Å². The van der Waals surface area contributed by atoms with Crippen molar-refractivity contribution in [1.29, 1.82) is 0 Å². The van der Waals surface area contributed by atoms with Crippen molar-refractivity contribution in [3.63, 3.8) is 0 Å². The number of rotatable bonds is 5. The van der Waals surface area contributed by atoms with Gasteiger partial charge >= 0.3 is 0 Å². The molecular formula is C27H27FN4O2. The Labute approximate surface area is 197 Å². The van der Waals surface area contributed by atoms with Gasteiger partial charge < -0.3 is 15.0 Å². The molecule has 2 aromatic heterocycles. The Morgan fingerprint density at radius 1 is 1.21 bits per heavy atom. The maximum Gasteiger partial charge on any atom is 0.241 e. The Hall–Kier alpha value is -3.71. The fourth-order valence-corrected chi connectivity index (χ4v) is 4.67. The third-order valence-corrected chi connectivity index (χ3v) is 6.57. The Balaban J connectivity index is 1.33. The van der Waals surface area contributed by atoms with Crippen LogP contribution in [0.2, 0.25) is 0 Å². The lowest BCUT2D eigenvalue weighted by molar-refractivity contribution is -0.121. The Morgan fingerprint density at radius 2 is 2.06 bits per heavy atom. The van der Waals surface area contributed by atoms with Gasteiger partial charge in [-0.3, -0.25) is 14.7 Å². The minimum atomic E-state index is -0.347. The normalized spacial score (nSPS) is 14.6. The van der Waals surface area contributed by atoms with E-state index in [2.05, 4.69) is 20.2 Å². The van der Waals surface area contributed by atoms with Crippen LogP contribution in [0.4, 0.5) is 10.1 Å². The van der Waals surface area contributed by atoms with Gasteiger partial charge in [0.05, 0.1) is 13.2 Å². The molecule has 1 aliphatic heterocycles. The molecule has 3 heterocycles. The van der Waals surface area contributed by atoms with E-state index in [0.717, 1.165) is 51.9 Å². The molecule has 1 aliphatic rings. The van der Waals surface area contributed by atoms with Crippen molar-refractivity contribution in [2.75, 3.05) is 19.0 Å². The van der Waals surface area contributed by atoms with Crippen molar-refractivity contribution in [2.45, 2.75) is 32.9 Å². The molecule has 6 nitrogen and oxygen atoms in total. The predicted molar refractivity (Wildman–Crippen MR) is 131 cm³/mol. The van der Waals surface area contributed by atoms with Crippen LogP contribution in [-0.4, -0.2) is 40.5 Å². The van der Waals surface area contributed by atoms with Crippen molar-refractivity contribution in [2.24, 2.45) is 0 Å². The summed E-state index contributed by atoms with van der Waals surface area (Å²) < 4.78 is 19.4. The Bertz CT molecular complexity index is 1380. The highest BCUT2D eigenvalue weighted by molar-refractivity contribution is 5.95. The van der Waals surface area contributed by atoms with E-state index in [9.17, 15) is 9.18 Å². The van der Waals surface area contributed by atoms with Crippen molar-refractivity contribution in [1.82, 2.24) is 14.9 Å². The molecule has 7 heteroatoms.